The summed E-state index contributed by atoms with van der Waals surface area (Å²) in [4.78, 5) is 2.37. The van der Waals surface area contributed by atoms with Gasteiger partial charge in [0.15, 0.2) is 0 Å². The minimum Gasteiger partial charge on any atom is -0.310 e. The fourth-order valence-corrected chi connectivity index (χ4v) is 9.08. The van der Waals surface area contributed by atoms with Gasteiger partial charge in [0.1, 0.15) is 0 Å². The largest absolute Gasteiger partial charge is 0.310 e. The molecule has 0 amide bonds. The number of anilines is 3. The highest BCUT2D eigenvalue weighted by molar-refractivity contribution is 6.10. The van der Waals surface area contributed by atoms with E-state index in [1.807, 2.05) is 0 Å². The van der Waals surface area contributed by atoms with Crippen LogP contribution in [0.3, 0.4) is 0 Å². The third-order valence-corrected chi connectivity index (χ3v) is 11.8. The van der Waals surface area contributed by atoms with E-state index in [0.717, 1.165) is 22.7 Å². The number of hydrogen-bond acceptors (Lipinski definition) is 1. The minimum atomic E-state index is 1.09. The molecule has 0 aliphatic carbocycles. The molecule has 282 valence electrons. The summed E-state index contributed by atoms with van der Waals surface area (Å²) in [6, 6.07) is 87.8. The van der Waals surface area contributed by atoms with E-state index < -0.39 is 0 Å². The molecular formula is C58H40N2. The molecule has 0 bridgehead atoms. The summed E-state index contributed by atoms with van der Waals surface area (Å²) in [7, 11) is 0. The van der Waals surface area contributed by atoms with Crippen molar-refractivity contribution in [3.8, 4) is 50.2 Å². The zero-order valence-electron chi connectivity index (χ0n) is 33.0. The zero-order valence-corrected chi connectivity index (χ0v) is 33.0. The topological polar surface area (TPSA) is 8.17 Å². The number of benzene rings is 10. The standard InChI is InChI=1S/C58H40N2/c1-4-18-41(19-5-1)47-38-39-48(50-25-11-10-24-49(47)50)43-32-34-45(35-33-43)59(44-22-8-3-9-23-44)46-36-37-51(55(40-46)42-20-6-2-7-21-42)52-26-12-15-29-56(52)60-57-30-16-13-27-53(57)54-28-14-17-31-58(54)60/h1-40H. The van der Waals surface area contributed by atoms with E-state index in [2.05, 4.69) is 252 Å². The quantitative estimate of drug-likeness (QED) is 0.150. The maximum absolute atomic E-state index is 2.43. The molecule has 2 heteroatoms. The SMILES string of the molecule is c1ccc(-c2cc(N(c3ccccc3)c3ccc(-c4ccc(-c5ccccc5)c5ccccc45)cc3)ccc2-c2ccccc2-n2c3ccccc3c3ccccc32)cc1. The van der Waals surface area contributed by atoms with Crippen LogP contribution in [0.15, 0.2) is 243 Å². The molecule has 0 aliphatic rings. The first-order valence-electron chi connectivity index (χ1n) is 20.6. The van der Waals surface area contributed by atoms with Crippen LogP contribution < -0.4 is 4.90 Å². The number of hydrogen-bond donors (Lipinski definition) is 0. The monoisotopic (exact) mass is 764 g/mol. The highest BCUT2D eigenvalue weighted by Gasteiger charge is 2.20. The second-order valence-corrected chi connectivity index (χ2v) is 15.3. The molecule has 0 unspecified atom stereocenters. The van der Waals surface area contributed by atoms with Gasteiger partial charge in [0.25, 0.3) is 0 Å². The van der Waals surface area contributed by atoms with Crippen LogP contribution in [-0.2, 0) is 0 Å². The Bertz CT molecular complexity index is 3240. The molecule has 60 heavy (non-hydrogen) atoms. The maximum atomic E-state index is 2.43. The summed E-state index contributed by atoms with van der Waals surface area (Å²) in [6.45, 7) is 0. The second kappa shape index (κ2) is 15.1. The summed E-state index contributed by atoms with van der Waals surface area (Å²) in [5, 5.41) is 5.01. The van der Waals surface area contributed by atoms with Gasteiger partial charge in [0.2, 0.25) is 0 Å². The molecule has 2 nitrogen and oxygen atoms in total. The van der Waals surface area contributed by atoms with E-state index >= 15 is 0 Å². The van der Waals surface area contributed by atoms with Crippen LogP contribution in [0.25, 0.3) is 82.8 Å². The average molecular weight is 765 g/mol. The zero-order chi connectivity index (χ0) is 39.8. The fourth-order valence-electron chi connectivity index (χ4n) is 9.08. The molecule has 0 spiro atoms. The number of para-hydroxylation sites is 4. The van der Waals surface area contributed by atoms with Crippen molar-refractivity contribution in [2.75, 3.05) is 4.90 Å². The highest BCUT2D eigenvalue weighted by Crippen LogP contribution is 2.44. The summed E-state index contributed by atoms with van der Waals surface area (Å²) >= 11 is 0. The van der Waals surface area contributed by atoms with Gasteiger partial charge in [-0.25, -0.2) is 0 Å². The van der Waals surface area contributed by atoms with E-state index in [0.29, 0.717) is 0 Å². The van der Waals surface area contributed by atoms with Crippen molar-refractivity contribution >= 4 is 49.6 Å². The van der Waals surface area contributed by atoms with Gasteiger partial charge in [0.05, 0.1) is 16.7 Å². The predicted molar refractivity (Wildman–Crippen MR) is 255 cm³/mol. The van der Waals surface area contributed by atoms with E-state index in [1.54, 1.807) is 0 Å². The summed E-state index contributed by atoms with van der Waals surface area (Å²) in [5.41, 5.74) is 16.4. The van der Waals surface area contributed by atoms with Crippen molar-refractivity contribution in [1.29, 1.82) is 0 Å². The number of rotatable bonds is 8. The highest BCUT2D eigenvalue weighted by atomic mass is 15.1. The van der Waals surface area contributed by atoms with Crippen LogP contribution in [0.5, 0.6) is 0 Å². The molecule has 11 aromatic rings. The van der Waals surface area contributed by atoms with Gasteiger partial charge >= 0.3 is 0 Å². The van der Waals surface area contributed by atoms with Gasteiger partial charge in [-0.1, -0.05) is 188 Å². The summed E-state index contributed by atoms with van der Waals surface area (Å²) < 4.78 is 2.43. The number of nitrogens with zero attached hydrogens (tertiary/aromatic N) is 2. The maximum Gasteiger partial charge on any atom is 0.0541 e. The molecule has 0 fully saturated rings. The van der Waals surface area contributed by atoms with Gasteiger partial charge in [0, 0.05) is 33.4 Å². The Hall–Kier alpha value is -7.94. The molecule has 1 heterocycles. The molecular weight excluding hydrogens is 725 g/mol. The first-order valence-corrected chi connectivity index (χ1v) is 20.6. The Morgan fingerprint density at radius 2 is 0.667 bits per heavy atom. The minimum absolute atomic E-state index is 1.09. The molecule has 0 saturated heterocycles. The van der Waals surface area contributed by atoms with Crippen molar-refractivity contribution in [2.45, 2.75) is 0 Å². The third-order valence-electron chi connectivity index (χ3n) is 11.8. The van der Waals surface area contributed by atoms with Crippen LogP contribution in [0.1, 0.15) is 0 Å². The molecule has 0 aliphatic heterocycles. The Morgan fingerprint density at radius 3 is 1.27 bits per heavy atom. The van der Waals surface area contributed by atoms with Crippen LogP contribution in [0, 0.1) is 0 Å². The van der Waals surface area contributed by atoms with Crippen LogP contribution in [0.4, 0.5) is 17.1 Å². The summed E-state index contributed by atoms with van der Waals surface area (Å²) in [6.07, 6.45) is 0. The lowest BCUT2D eigenvalue weighted by Gasteiger charge is -2.27. The molecule has 10 aromatic carbocycles. The van der Waals surface area contributed by atoms with Crippen LogP contribution >= 0.6 is 0 Å². The average Bonchev–Trinajstić information content (AvgIpc) is 3.67. The Kier molecular flexibility index (Phi) is 8.87. The summed E-state index contributed by atoms with van der Waals surface area (Å²) in [5.74, 6) is 0. The van der Waals surface area contributed by atoms with Gasteiger partial charge in [-0.15, -0.1) is 0 Å². The van der Waals surface area contributed by atoms with E-state index in [9.17, 15) is 0 Å². The molecule has 0 saturated carbocycles. The van der Waals surface area contributed by atoms with Crippen molar-refractivity contribution in [2.24, 2.45) is 0 Å². The Balaban J connectivity index is 1.05. The lowest BCUT2D eigenvalue weighted by atomic mass is 9.92. The molecule has 1 aromatic heterocycles. The molecule has 0 atom stereocenters. The van der Waals surface area contributed by atoms with E-state index in [-0.39, 0.29) is 0 Å². The van der Waals surface area contributed by atoms with Gasteiger partial charge in [-0.05, 0) is 104 Å². The third kappa shape index (κ3) is 6.14. The van der Waals surface area contributed by atoms with E-state index in [1.165, 1.54) is 77.1 Å². The van der Waals surface area contributed by atoms with Gasteiger partial charge < -0.3 is 9.47 Å². The fraction of sp³-hybridized carbons (Fsp3) is 0. The van der Waals surface area contributed by atoms with Crippen LogP contribution in [0.2, 0.25) is 0 Å². The predicted octanol–water partition coefficient (Wildman–Crippen LogP) is 16.1. The Morgan fingerprint density at radius 1 is 0.250 bits per heavy atom. The Labute approximate surface area is 350 Å². The van der Waals surface area contributed by atoms with Crippen LogP contribution in [-0.4, -0.2) is 4.57 Å². The lowest BCUT2D eigenvalue weighted by molar-refractivity contribution is 1.18. The molecule has 0 radical (unpaired) electrons. The van der Waals surface area contributed by atoms with Crippen molar-refractivity contribution in [3.63, 3.8) is 0 Å². The lowest BCUT2D eigenvalue weighted by Crippen LogP contribution is -2.10. The second-order valence-electron chi connectivity index (χ2n) is 15.3. The van der Waals surface area contributed by atoms with Crippen molar-refractivity contribution in [3.05, 3.63) is 243 Å². The number of aromatic nitrogens is 1. The van der Waals surface area contributed by atoms with Crippen molar-refractivity contribution in [1.82, 2.24) is 4.57 Å². The first kappa shape index (κ1) is 35.2. The molecule has 0 N–H and O–H groups in total. The smallest absolute Gasteiger partial charge is 0.0541 e. The number of fused-ring (bicyclic) bond motifs is 4. The molecule has 11 rings (SSSR count). The first-order chi connectivity index (χ1) is 29.8. The van der Waals surface area contributed by atoms with Gasteiger partial charge in [-0.2, -0.15) is 0 Å². The van der Waals surface area contributed by atoms with Gasteiger partial charge in [-0.3, -0.25) is 0 Å². The normalized spacial score (nSPS) is 11.3. The van der Waals surface area contributed by atoms with Crippen molar-refractivity contribution < 1.29 is 0 Å². The van der Waals surface area contributed by atoms with E-state index in [4.69, 9.17) is 0 Å².